The van der Waals surface area contributed by atoms with Crippen LogP contribution in [0.4, 0.5) is 15.9 Å². The van der Waals surface area contributed by atoms with Gasteiger partial charge < -0.3 is 15.0 Å². The molecule has 0 saturated carbocycles. The number of carbonyl (C=O) groups excluding carboxylic acids is 1. The van der Waals surface area contributed by atoms with E-state index in [1.165, 1.54) is 12.1 Å². The van der Waals surface area contributed by atoms with Gasteiger partial charge >= 0.3 is 0 Å². The van der Waals surface area contributed by atoms with Crippen molar-refractivity contribution in [1.82, 2.24) is 19.9 Å². The van der Waals surface area contributed by atoms with Crippen LogP contribution in [0.2, 0.25) is 0 Å². The molecule has 7 nitrogen and oxygen atoms in total. The number of hydrogen-bond acceptors (Lipinski definition) is 6. The van der Waals surface area contributed by atoms with Crippen molar-refractivity contribution in [2.24, 2.45) is 0 Å². The molecule has 1 amide bonds. The van der Waals surface area contributed by atoms with E-state index >= 15 is 0 Å². The highest BCUT2D eigenvalue weighted by molar-refractivity contribution is 5.81. The monoisotopic (exact) mass is 447 g/mol. The van der Waals surface area contributed by atoms with Crippen molar-refractivity contribution in [3.05, 3.63) is 66.5 Å². The Hall–Kier alpha value is -3.39. The maximum absolute atomic E-state index is 13.7. The molecule has 33 heavy (non-hydrogen) atoms. The Balaban J connectivity index is 1.41. The summed E-state index contributed by atoms with van der Waals surface area (Å²) in [6, 6.07) is 11.9. The third kappa shape index (κ3) is 5.01. The Kier molecular flexibility index (Phi) is 6.26. The van der Waals surface area contributed by atoms with E-state index in [4.69, 9.17) is 14.7 Å². The van der Waals surface area contributed by atoms with E-state index in [0.717, 1.165) is 36.9 Å². The average Bonchev–Trinajstić information content (AvgIpc) is 3.35. The lowest BCUT2D eigenvalue weighted by molar-refractivity contribution is -0.145. The van der Waals surface area contributed by atoms with Gasteiger partial charge in [0.1, 0.15) is 23.6 Å². The molecule has 2 aromatic heterocycles. The SMILES string of the molecule is O=C([C@H]1CCCCO1)N1CC[C@H](c2nc(Nc3cccc(F)c3)cc(-c3ccncc3)n2)C1. The minimum atomic E-state index is -0.327. The smallest absolute Gasteiger partial charge is 0.251 e. The van der Waals surface area contributed by atoms with Crippen LogP contribution in [0.25, 0.3) is 11.3 Å². The summed E-state index contributed by atoms with van der Waals surface area (Å²) in [5.41, 5.74) is 2.28. The number of pyridine rings is 1. The van der Waals surface area contributed by atoms with Gasteiger partial charge in [-0.25, -0.2) is 14.4 Å². The van der Waals surface area contributed by atoms with Gasteiger partial charge in [0.25, 0.3) is 5.91 Å². The van der Waals surface area contributed by atoms with Crippen LogP contribution >= 0.6 is 0 Å². The lowest BCUT2D eigenvalue weighted by atomic mass is 10.1. The second kappa shape index (κ2) is 9.62. The quantitative estimate of drug-likeness (QED) is 0.628. The highest BCUT2D eigenvalue weighted by Gasteiger charge is 2.34. The van der Waals surface area contributed by atoms with Crippen molar-refractivity contribution in [3.63, 3.8) is 0 Å². The van der Waals surface area contributed by atoms with Crippen LogP contribution in [-0.4, -0.2) is 51.6 Å². The molecule has 0 aliphatic carbocycles. The second-order valence-corrected chi connectivity index (χ2v) is 8.49. The number of rotatable bonds is 5. The molecule has 170 valence electrons. The molecule has 2 atom stereocenters. The molecule has 0 unspecified atom stereocenters. The molecule has 2 saturated heterocycles. The molecule has 0 spiro atoms. The zero-order valence-electron chi connectivity index (χ0n) is 18.3. The molecular weight excluding hydrogens is 421 g/mol. The molecule has 8 heteroatoms. The van der Waals surface area contributed by atoms with Gasteiger partial charge in [0, 0.05) is 55.3 Å². The van der Waals surface area contributed by atoms with Gasteiger partial charge in [0.15, 0.2) is 0 Å². The van der Waals surface area contributed by atoms with Gasteiger partial charge in [0.05, 0.1) is 5.69 Å². The number of anilines is 2. The fraction of sp³-hybridized carbons (Fsp3) is 0.360. The minimum absolute atomic E-state index is 0.0207. The largest absolute Gasteiger partial charge is 0.368 e. The van der Waals surface area contributed by atoms with Crippen molar-refractivity contribution < 1.29 is 13.9 Å². The number of amides is 1. The lowest BCUT2D eigenvalue weighted by Crippen LogP contribution is -2.40. The molecule has 1 N–H and O–H groups in total. The van der Waals surface area contributed by atoms with Crippen LogP contribution in [0.5, 0.6) is 0 Å². The van der Waals surface area contributed by atoms with Crippen LogP contribution < -0.4 is 5.32 Å². The predicted octanol–water partition coefficient (Wildman–Crippen LogP) is 4.31. The van der Waals surface area contributed by atoms with E-state index in [2.05, 4.69) is 10.3 Å². The molecule has 0 bridgehead atoms. The minimum Gasteiger partial charge on any atom is -0.368 e. The summed E-state index contributed by atoms with van der Waals surface area (Å²) in [5.74, 6) is 1.02. The molecule has 3 aromatic rings. The van der Waals surface area contributed by atoms with Crippen molar-refractivity contribution in [2.75, 3.05) is 25.0 Å². The van der Waals surface area contributed by atoms with Crippen molar-refractivity contribution in [2.45, 2.75) is 37.7 Å². The highest BCUT2D eigenvalue weighted by Crippen LogP contribution is 2.30. The van der Waals surface area contributed by atoms with Crippen LogP contribution in [0, 0.1) is 5.82 Å². The van der Waals surface area contributed by atoms with E-state index < -0.39 is 0 Å². The van der Waals surface area contributed by atoms with E-state index in [-0.39, 0.29) is 23.7 Å². The topological polar surface area (TPSA) is 80.2 Å². The maximum Gasteiger partial charge on any atom is 0.251 e. The Morgan fingerprint density at radius 1 is 1.09 bits per heavy atom. The first-order chi connectivity index (χ1) is 16.2. The molecule has 0 radical (unpaired) electrons. The molecule has 5 rings (SSSR count). The van der Waals surface area contributed by atoms with Crippen LogP contribution in [0.3, 0.4) is 0 Å². The molecule has 4 heterocycles. The number of ether oxygens (including phenoxy) is 1. The zero-order chi connectivity index (χ0) is 22.6. The molecule has 2 aliphatic heterocycles. The molecular formula is C25H26FN5O2. The number of nitrogens with one attached hydrogen (secondary N) is 1. The van der Waals surface area contributed by atoms with Crippen molar-refractivity contribution in [1.29, 1.82) is 0 Å². The number of likely N-dealkylation sites (tertiary alicyclic amines) is 1. The Morgan fingerprint density at radius 2 is 1.97 bits per heavy atom. The van der Waals surface area contributed by atoms with Gasteiger partial charge in [-0.3, -0.25) is 9.78 Å². The standard InChI is InChI=1S/C25H26FN5O2/c26-19-4-3-5-20(14-19)28-23-15-21(17-7-10-27-11-8-17)29-24(30-23)18-9-12-31(16-18)25(32)22-6-1-2-13-33-22/h3-5,7-8,10-11,14-15,18,22H,1-2,6,9,12-13,16H2,(H,28,29,30)/t18-,22+/m0/s1. The number of benzene rings is 1. The summed E-state index contributed by atoms with van der Waals surface area (Å²) in [6.07, 6.45) is 6.73. The predicted molar refractivity (Wildman–Crippen MR) is 122 cm³/mol. The summed E-state index contributed by atoms with van der Waals surface area (Å²) in [6.45, 7) is 1.89. The lowest BCUT2D eigenvalue weighted by Gasteiger charge is -2.26. The van der Waals surface area contributed by atoms with Gasteiger partial charge in [-0.05, 0) is 56.0 Å². The van der Waals surface area contributed by atoms with Gasteiger partial charge in [-0.2, -0.15) is 0 Å². The summed E-state index contributed by atoms with van der Waals surface area (Å²) in [7, 11) is 0. The number of carbonyl (C=O) groups is 1. The average molecular weight is 448 g/mol. The van der Waals surface area contributed by atoms with Crippen LogP contribution in [0.1, 0.15) is 37.4 Å². The summed E-state index contributed by atoms with van der Waals surface area (Å²) < 4.78 is 19.4. The summed E-state index contributed by atoms with van der Waals surface area (Å²) in [5, 5.41) is 3.20. The Morgan fingerprint density at radius 3 is 2.76 bits per heavy atom. The Labute approximate surface area is 192 Å². The van der Waals surface area contributed by atoms with Crippen LogP contribution in [0.15, 0.2) is 54.9 Å². The third-order valence-electron chi connectivity index (χ3n) is 6.14. The first-order valence-electron chi connectivity index (χ1n) is 11.4. The zero-order valence-corrected chi connectivity index (χ0v) is 18.3. The third-order valence-corrected chi connectivity index (χ3v) is 6.14. The maximum atomic E-state index is 13.7. The van der Waals surface area contributed by atoms with Gasteiger partial charge in [-0.1, -0.05) is 6.07 Å². The second-order valence-electron chi connectivity index (χ2n) is 8.49. The molecule has 1 aromatic carbocycles. The number of nitrogens with zero attached hydrogens (tertiary/aromatic N) is 4. The van der Waals surface area contributed by atoms with Crippen molar-refractivity contribution in [3.8, 4) is 11.3 Å². The summed E-state index contributed by atoms with van der Waals surface area (Å²) >= 11 is 0. The molecule has 2 fully saturated rings. The normalized spacial score (nSPS) is 20.6. The van der Waals surface area contributed by atoms with E-state index in [1.807, 2.05) is 23.1 Å². The number of halogens is 1. The number of hydrogen-bond donors (Lipinski definition) is 1. The first-order valence-corrected chi connectivity index (χ1v) is 11.4. The Bertz CT molecular complexity index is 1120. The van der Waals surface area contributed by atoms with Crippen molar-refractivity contribution >= 4 is 17.4 Å². The highest BCUT2D eigenvalue weighted by atomic mass is 19.1. The fourth-order valence-corrected chi connectivity index (χ4v) is 4.41. The van der Waals surface area contributed by atoms with E-state index in [1.54, 1.807) is 24.5 Å². The number of aromatic nitrogens is 3. The van der Waals surface area contributed by atoms with Crippen LogP contribution in [-0.2, 0) is 9.53 Å². The van der Waals surface area contributed by atoms with Gasteiger partial charge in [-0.15, -0.1) is 0 Å². The first kappa shape index (κ1) is 21.5. The van der Waals surface area contributed by atoms with E-state index in [9.17, 15) is 9.18 Å². The van der Waals surface area contributed by atoms with E-state index in [0.29, 0.717) is 37.0 Å². The fourth-order valence-electron chi connectivity index (χ4n) is 4.41. The molecule has 2 aliphatic rings. The van der Waals surface area contributed by atoms with Gasteiger partial charge in [0.2, 0.25) is 0 Å². The summed E-state index contributed by atoms with van der Waals surface area (Å²) in [4.78, 5) is 28.4.